The zero-order valence-electron chi connectivity index (χ0n) is 9.87. The number of rotatable bonds is 3. The van der Waals surface area contributed by atoms with Gasteiger partial charge >= 0.3 is 12.1 Å². The fourth-order valence-electron chi connectivity index (χ4n) is 1.65. The third kappa shape index (κ3) is 2.38. The van der Waals surface area contributed by atoms with Crippen LogP contribution < -0.4 is 10.9 Å². The van der Waals surface area contributed by atoms with Crippen molar-refractivity contribution < 1.29 is 27.9 Å². The van der Waals surface area contributed by atoms with Gasteiger partial charge in [-0.25, -0.2) is 0 Å². The van der Waals surface area contributed by atoms with E-state index in [9.17, 15) is 27.6 Å². The molecule has 2 rings (SSSR count). The number of aromatic nitrogens is 1. The first-order valence-electron chi connectivity index (χ1n) is 5.51. The van der Waals surface area contributed by atoms with Crippen LogP contribution in [0.5, 0.6) is 0 Å². The minimum absolute atomic E-state index is 0.0883. The van der Waals surface area contributed by atoms with Crippen LogP contribution in [0, 0.1) is 5.41 Å². The lowest BCUT2D eigenvalue weighted by atomic mass is 10.1. The van der Waals surface area contributed by atoms with E-state index < -0.39 is 40.3 Å². The number of carbonyl (C=O) groups is 2. The number of nitrogens with one attached hydrogen (secondary N) is 2. The van der Waals surface area contributed by atoms with Crippen molar-refractivity contribution in [1.82, 2.24) is 4.98 Å². The summed E-state index contributed by atoms with van der Waals surface area (Å²) < 4.78 is 37.4. The van der Waals surface area contributed by atoms with Crippen LogP contribution in [0.1, 0.15) is 18.4 Å². The maximum atomic E-state index is 12.5. The van der Waals surface area contributed by atoms with Crippen molar-refractivity contribution in [3.63, 3.8) is 0 Å². The van der Waals surface area contributed by atoms with E-state index in [1.807, 2.05) is 10.3 Å². The molecule has 0 aromatic carbocycles. The number of hydrogen-bond acceptors (Lipinski definition) is 3. The second kappa shape index (κ2) is 4.36. The summed E-state index contributed by atoms with van der Waals surface area (Å²) in [5.74, 6) is -2.35. The minimum atomic E-state index is -4.69. The summed E-state index contributed by atoms with van der Waals surface area (Å²) in [4.78, 5) is 35.8. The topological polar surface area (TPSA) is 99.3 Å². The molecular formula is C11H9F3N2O4. The second-order valence-electron chi connectivity index (χ2n) is 4.47. The lowest BCUT2D eigenvalue weighted by molar-refractivity contribution is -0.147. The molecule has 1 aromatic rings. The smallest absolute Gasteiger partial charge is 0.417 e. The van der Waals surface area contributed by atoms with Crippen molar-refractivity contribution in [2.75, 3.05) is 5.32 Å². The minimum Gasteiger partial charge on any atom is -0.480 e. The van der Waals surface area contributed by atoms with E-state index in [-0.39, 0.29) is 12.8 Å². The first kappa shape index (κ1) is 14.1. The van der Waals surface area contributed by atoms with E-state index >= 15 is 0 Å². The Morgan fingerprint density at radius 2 is 1.95 bits per heavy atom. The molecule has 0 atom stereocenters. The number of hydrogen-bond donors (Lipinski definition) is 3. The average molecular weight is 290 g/mol. The number of aliphatic carboxylic acids is 1. The number of pyridine rings is 1. The normalized spacial score (nSPS) is 16.6. The van der Waals surface area contributed by atoms with Gasteiger partial charge in [0, 0.05) is 6.20 Å². The molecule has 0 saturated heterocycles. The molecule has 3 N–H and O–H groups in total. The lowest BCUT2D eigenvalue weighted by Crippen LogP contribution is -2.33. The van der Waals surface area contributed by atoms with Gasteiger partial charge in [0.15, 0.2) is 0 Å². The molecular weight excluding hydrogens is 281 g/mol. The summed E-state index contributed by atoms with van der Waals surface area (Å²) in [6.07, 6.45) is -4.04. The standard InChI is InChI=1S/C11H9F3N2O4/c12-11(13,14)5-3-6(7(17)15-4-5)16-8(18)10(1-2-10)9(19)20/h3-4H,1-2H2,(H,15,17)(H,16,18)(H,19,20). The Kier molecular flexibility index (Phi) is 3.07. The van der Waals surface area contributed by atoms with Gasteiger partial charge in [-0.15, -0.1) is 0 Å². The predicted molar refractivity (Wildman–Crippen MR) is 60.0 cm³/mol. The summed E-state index contributed by atoms with van der Waals surface area (Å²) >= 11 is 0. The zero-order chi connectivity index (χ0) is 15.1. The van der Waals surface area contributed by atoms with E-state index in [1.54, 1.807) is 0 Å². The molecule has 9 heteroatoms. The van der Waals surface area contributed by atoms with E-state index in [2.05, 4.69) is 0 Å². The number of amides is 1. The number of anilines is 1. The first-order chi connectivity index (χ1) is 9.17. The molecule has 1 amide bonds. The van der Waals surface area contributed by atoms with E-state index in [4.69, 9.17) is 5.11 Å². The van der Waals surface area contributed by atoms with Crippen molar-refractivity contribution in [1.29, 1.82) is 0 Å². The van der Waals surface area contributed by atoms with Gasteiger partial charge in [-0.2, -0.15) is 13.2 Å². The predicted octanol–water partition coefficient (Wildman–Crippen LogP) is 1.20. The van der Waals surface area contributed by atoms with Crippen molar-refractivity contribution in [2.45, 2.75) is 19.0 Å². The molecule has 1 heterocycles. The molecule has 1 aliphatic rings. The van der Waals surface area contributed by atoms with E-state index in [1.165, 1.54) is 0 Å². The van der Waals surface area contributed by atoms with Crippen molar-refractivity contribution in [3.05, 3.63) is 28.2 Å². The van der Waals surface area contributed by atoms with Crippen molar-refractivity contribution >= 4 is 17.6 Å². The molecule has 108 valence electrons. The third-order valence-electron chi connectivity index (χ3n) is 3.07. The number of carboxylic acid groups (broad SMARTS) is 1. The third-order valence-corrected chi connectivity index (χ3v) is 3.07. The van der Waals surface area contributed by atoms with E-state index in [0.717, 1.165) is 0 Å². The highest BCUT2D eigenvalue weighted by atomic mass is 19.4. The fourth-order valence-corrected chi connectivity index (χ4v) is 1.65. The van der Waals surface area contributed by atoms with Crippen LogP contribution in [0.3, 0.4) is 0 Å². The largest absolute Gasteiger partial charge is 0.480 e. The molecule has 0 bridgehead atoms. The van der Waals surface area contributed by atoms with Gasteiger partial charge < -0.3 is 15.4 Å². The van der Waals surface area contributed by atoms with Gasteiger partial charge in [-0.05, 0) is 18.9 Å². The lowest BCUT2D eigenvalue weighted by Gasteiger charge is -2.12. The summed E-state index contributed by atoms with van der Waals surface area (Å²) in [5, 5.41) is 10.8. The number of carbonyl (C=O) groups excluding carboxylic acids is 1. The highest BCUT2D eigenvalue weighted by Gasteiger charge is 2.57. The fraction of sp³-hybridized carbons (Fsp3) is 0.364. The molecule has 1 aromatic heterocycles. The Morgan fingerprint density at radius 3 is 2.40 bits per heavy atom. The molecule has 1 saturated carbocycles. The van der Waals surface area contributed by atoms with Gasteiger partial charge in [-0.3, -0.25) is 14.4 Å². The van der Waals surface area contributed by atoms with Crippen LogP contribution in [0.4, 0.5) is 18.9 Å². The number of aromatic amines is 1. The highest BCUT2D eigenvalue weighted by molar-refractivity contribution is 6.10. The van der Waals surface area contributed by atoms with Crippen LogP contribution in [-0.2, 0) is 15.8 Å². The van der Waals surface area contributed by atoms with Crippen molar-refractivity contribution in [2.24, 2.45) is 5.41 Å². The number of H-pyrrole nitrogens is 1. The van der Waals surface area contributed by atoms with Gasteiger partial charge in [0.25, 0.3) is 5.56 Å². The summed E-state index contributed by atoms with van der Waals surface area (Å²) in [7, 11) is 0. The van der Waals surface area contributed by atoms with Crippen LogP contribution in [0.15, 0.2) is 17.1 Å². The molecule has 0 unspecified atom stereocenters. The molecule has 0 spiro atoms. The van der Waals surface area contributed by atoms with Crippen LogP contribution in [-0.4, -0.2) is 22.0 Å². The maximum absolute atomic E-state index is 12.5. The van der Waals surface area contributed by atoms with Crippen LogP contribution in [0.25, 0.3) is 0 Å². The molecule has 1 fully saturated rings. The van der Waals surface area contributed by atoms with Crippen LogP contribution >= 0.6 is 0 Å². The summed E-state index contributed by atoms with van der Waals surface area (Å²) in [5.41, 5.74) is -4.35. The number of alkyl halides is 3. The summed E-state index contributed by atoms with van der Waals surface area (Å²) in [6, 6.07) is 0.467. The number of halogens is 3. The van der Waals surface area contributed by atoms with Gasteiger partial charge in [0.05, 0.1) is 5.56 Å². The molecule has 0 radical (unpaired) electrons. The molecule has 0 aliphatic heterocycles. The SMILES string of the molecule is O=C(O)C1(C(=O)Nc2cc(C(F)(F)F)c[nH]c2=O)CC1. The second-order valence-corrected chi connectivity index (χ2v) is 4.47. The summed E-state index contributed by atoms with van der Waals surface area (Å²) in [6.45, 7) is 0. The Morgan fingerprint density at radius 1 is 1.35 bits per heavy atom. The Bertz CT molecular complexity index is 631. The number of carboxylic acids is 1. The first-order valence-corrected chi connectivity index (χ1v) is 5.51. The maximum Gasteiger partial charge on any atom is 0.417 e. The van der Waals surface area contributed by atoms with Crippen LogP contribution in [0.2, 0.25) is 0 Å². The molecule has 6 nitrogen and oxygen atoms in total. The van der Waals surface area contributed by atoms with E-state index in [0.29, 0.717) is 12.3 Å². The average Bonchev–Trinajstić information content (AvgIpc) is 3.11. The monoisotopic (exact) mass is 290 g/mol. The van der Waals surface area contributed by atoms with Gasteiger partial charge in [0.2, 0.25) is 5.91 Å². The van der Waals surface area contributed by atoms with Gasteiger partial charge in [-0.1, -0.05) is 0 Å². The molecule has 20 heavy (non-hydrogen) atoms. The molecule has 1 aliphatic carbocycles. The Labute approximate surface area is 109 Å². The highest BCUT2D eigenvalue weighted by Crippen LogP contribution is 2.46. The zero-order valence-corrected chi connectivity index (χ0v) is 9.87. The quantitative estimate of drug-likeness (QED) is 0.728. The van der Waals surface area contributed by atoms with Crippen molar-refractivity contribution in [3.8, 4) is 0 Å². The Hall–Kier alpha value is -2.32. The Balaban J connectivity index is 2.28. The van der Waals surface area contributed by atoms with Gasteiger partial charge in [0.1, 0.15) is 11.1 Å².